The van der Waals surface area contributed by atoms with Gasteiger partial charge in [0.15, 0.2) is 0 Å². The summed E-state index contributed by atoms with van der Waals surface area (Å²) in [7, 11) is 0. The molecule has 1 aliphatic rings. The number of rotatable bonds is 3. The minimum Gasteiger partial charge on any atom is -0.440 e. The second kappa shape index (κ2) is 6.61. The standard InChI is InChI=1S/C21H16N4O/c22-13-18-20(14-8-10-24-11-9-14)17-7-6-16(12-19(17)26-21(18)23)25-15-4-2-1-3-5-15/h1-12,20,25H,23H2/t20-/m0/s1. The number of hydrogen-bond acceptors (Lipinski definition) is 5. The molecule has 5 heteroatoms. The fourth-order valence-electron chi connectivity index (χ4n) is 3.12. The van der Waals surface area contributed by atoms with E-state index < -0.39 is 0 Å². The second-order valence-electron chi connectivity index (χ2n) is 5.95. The van der Waals surface area contributed by atoms with Crippen LogP contribution in [0.2, 0.25) is 0 Å². The molecule has 0 radical (unpaired) electrons. The zero-order chi connectivity index (χ0) is 17.9. The number of anilines is 2. The molecule has 0 fully saturated rings. The van der Waals surface area contributed by atoms with Crippen molar-refractivity contribution in [3.8, 4) is 11.8 Å². The maximum absolute atomic E-state index is 9.57. The topological polar surface area (TPSA) is 84.0 Å². The number of ether oxygens (including phenoxy) is 1. The fraction of sp³-hybridized carbons (Fsp3) is 0.0476. The van der Waals surface area contributed by atoms with E-state index in [9.17, 15) is 5.26 Å². The van der Waals surface area contributed by atoms with Crippen molar-refractivity contribution in [2.24, 2.45) is 5.73 Å². The number of pyridine rings is 1. The number of aromatic nitrogens is 1. The number of nitrogens with one attached hydrogen (secondary N) is 1. The number of nitriles is 1. The Hall–Kier alpha value is -3.78. The second-order valence-corrected chi connectivity index (χ2v) is 5.95. The average molecular weight is 340 g/mol. The molecular formula is C21H16N4O. The van der Waals surface area contributed by atoms with Gasteiger partial charge in [-0.3, -0.25) is 4.98 Å². The van der Waals surface area contributed by atoms with Crippen LogP contribution < -0.4 is 15.8 Å². The third-order valence-electron chi connectivity index (χ3n) is 4.32. The summed E-state index contributed by atoms with van der Waals surface area (Å²) in [5.74, 6) is 0.514. The molecule has 0 spiro atoms. The third kappa shape index (κ3) is 2.85. The van der Waals surface area contributed by atoms with Crippen LogP contribution in [0.3, 0.4) is 0 Å². The highest BCUT2D eigenvalue weighted by molar-refractivity contribution is 5.65. The van der Waals surface area contributed by atoms with Gasteiger partial charge in [-0.25, -0.2) is 0 Å². The zero-order valence-electron chi connectivity index (χ0n) is 13.9. The number of nitrogens with two attached hydrogens (primary N) is 1. The maximum Gasteiger partial charge on any atom is 0.205 e. The van der Waals surface area contributed by atoms with Gasteiger partial charge >= 0.3 is 0 Å². The van der Waals surface area contributed by atoms with Crippen molar-refractivity contribution < 1.29 is 4.74 Å². The Balaban J connectivity index is 1.76. The smallest absolute Gasteiger partial charge is 0.205 e. The minimum atomic E-state index is -0.266. The van der Waals surface area contributed by atoms with Crippen molar-refractivity contribution in [1.29, 1.82) is 5.26 Å². The highest BCUT2D eigenvalue weighted by Gasteiger charge is 2.30. The molecule has 0 amide bonds. The summed E-state index contributed by atoms with van der Waals surface area (Å²) in [5, 5.41) is 12.9. The Morgan fingerprint density at radius 2 is 1.77 bits per heavy atom. The van der Waals surface area contributed by atoms with E-state index in [1.807, 2.05) is 60.7 Å². The number of hydrogen-bond donors (Lipinski definition) is 2. The average Bonchev–Trinajstić information content (AvgIpc) is 2.68. The highest BCUT2D eigenvalue weighted by Crippen LogP contribution is 2.43. The number of benzene rings is 2. The molecule has 0 unspecified atom stereocenters. The molecule has 5 nitrogen and oxygen atoms in total. The molecule has 0 aliphatic carbocycles. The molecule has 1 aromatic heterocycles. The van der Waals surface area contributed by atoms with Crippen molar-refractivity contribution in [3.63, 3.8) is 0 Å². The quantitative estimate of drug-likeness (QED) is 0.751. The summed E-state index contributed by atoms with van der Waals surface area (Å²) in [6.07, 6.45) is 3.42. The third-order valence-corrected chi connectivity index (χ3v) is 4.32. The molecule has 0 bridgehead atoms. The van der Waals surface area contributed by atoms with Gasteiger partial charge in [-0.15, -0.1) is 0 Å². The van der Waals surface area contributed by atoms with E-state index in [0.29, 0.717) is 11.3 Å². The number of allylic oxidation sites excluding steroid dienone is 1. The van der Waals surface area contributed by atoms with E-state index in [4.69, 9.17) is 10.5 Å². The van der Waals surface area contributed by atoms with Crippen LogP contribution in [0.5, 0.6) is 5.75 Å². The molecule has 0 saturated heterocycles. The van der Waals surface area contributed by atoms with Crippen LogP contribution in [-0.2, 0) is 0 Å². The minimum absolute atomic E-state index is 0.138. The lowest BCUT2D eigenvalue weighted by Crippen LogP contribution is -2.21. The van der Waals surface area contributed by atoms with E-state index in [0.717, 1.165) is 22.5 Å². The number of para-hydroxylation sites is 1. The van der Waals surface area contributed by atoms with Crippen molar-refractivity contribution in [2.75, 3.05) is 5.32 Å². The first-order chi connectivity index (χ1) is 12.8. The van der Waals surface area contributed by atoms with Crippen LogP contribution in [0.1, 0.15) is 17.0 Å². The summed E-state index contributed by atoms with van der Waals surface area (Å²) in [5.41, 5.74) is 10.2. The van der Waals surface area contributed by atoms with E-state index in [-0.39, 0.29) is 11.8 Å². The lowest BCUT2D eigenvalue weighted by Gasteiger charge is -2.26. The predicted octanol–water partition coefficient (Wildman–Crippen LogP) is 4.04. The summed E-state index contributed by atoms with van der Waals surface area (Å²) in [6, 6.07) is 21.7. The molecule has 1 atom stereocenters. The lowest BCUT2D eigenvalue weighted by molar-refractivity contribution is 0.394. The van der Waals surface area contributed by atoms with Crippen LogP contribution >= 0.6 is 0 Å². The summed E-state index contributed by atoms with van der Waals surface area (Å²) >= 11 is 0. The van der Waals surface area contributed by atoms with Crippen molar-refractivity contribution in [1.82, 2.24) is 4.98 Å². The van der Waals surface area contributed by atoms with Gasteiger partial charge in [-0.05, 0) is 35.9 Å². The van der Waals surface area contributed by atoms with E-state index in [1.165, 1.54) is 0 Å². The van der Waals surface area contributed by atoms with Gasteiger partial charge in [0.1, 0.15) is 17.4 Å². The normalized spacial score (nSPS) is 15.6. The molecule has 26 heavy (non-hydrogen) atoms. The van der Waals surface area contributed by atoms with Gasteiger partial charge in [-0.1, -0.05) is 24.3 Å². The van der Waals surface area contributed by atoms with Crippen LogP contribution in [0, 0.1) is 11.3 Å². The highest BCUT2D eigenvalue weighted by atomic mass is 16.5. The zero-order valence-corrected chi connectivity index (χ0v) is 13.9. The first kappa shape index (κ1) is 15.7. The molecule has 2 heterocycles. The molecule has 3 aromatic rings. The largest absolute Gasteiger partial charge is 0.440 e. The summed E-state index contributed by atoms with van der Waals surface area (Å²) in [6.45, 7) is 0. The van der Waals surface area contributed by atoms with E-state index >= 15 is 0 Å². The summed E-state index contributed by atoms with van der Waals surface area (Å²) < 4.78 is 5.74. The molecule has 4 rings (SSSR count). The lowest BCUT2D eigenvalue weighted by atomic mass is 9.84. The van der Waals surface area contributed by atoms with Gasteiger partial charge in [-0.2, -0.15) is 5.26 Å². The Kier molecular flexibility index (Phi) is 4.00. The number of nitrogens with zero attached hydrogens (tertiary/aromatic N) is 2. The molecule has 3 N–H and O–H groups in total. The van der Waals surface area contributed by atoms with Gasteiger partial charge in [0.25, 0.3) is 0 Å². The number of fused-ring (bicyclic) bond motifs is 1. The van der Waals surface area contributed by atoms with Crippen LogP contribution in [0.15, 0.2) is 84.5 Å². The van der Waals surface area contributed by atoms with Gasteiger partial charge in [0.2, 0.25) is 5.88 Å². The van der Waals surface area contributed by atoms with E-state index in [2.05, 4.69) is 16.4 Å². The Bertz CT molecular complexity index is 1010. The van der Waals surface area contributed by atoms with Gasteiger partial charge < -0.3 is 15.8 Å². The molecule has 126 valence electrons. The first-order valence-electron chi connectivity index (χ1n) is 8.20. The van der Waals surface area contributed by atoms with Crippen molar-refractivity contribution in [2.45, 2.75) is 5.92 Å². The molecular weight excluding hydrogens is 324 g/mol. The molecule has 0 saturated carbocycles. The SMILES string of the molecule is N#CC1=C(N)Oc2cc(Nc3ccccc3)ccc2[C@@H]1c1ccncc1. The predicted molar refractivity (Wildman–Crippen MR) is 99.7 cm³/mol. The van der Waals surface area contributed by atoms with E-state index in [1.54, 1.807) is 12.4 Å². The van der Waals surface area contributed by atoms with Crippen LogP contribution in [-0.4, -0.2) is 4.98 Å². The monoisotopic (exact) mass is 340 g/mol. The fourth-order valence-corrected chi connectivity index (χ4v) is 3.12. The maximum atomic E-state index is 9.57. The molecule has 2 aromatic carbocycles. The van der Waals surface area contributed by atoms with Crippen molar-refractivity contribution in [3.05, 3.63) is 95.6 Å². The van der Waals surface area contributed by atoms with Crippen LogP contribution in [0.4, 0.5) is 11.4 Å². The van der Waals surface area contributed by atoms with Gasteiger partial charge in [0.05, 0.1) is 5.92 Å². The Morgan fingerprint density at radius 1 is 1.00 bits per heavy atom. The van der Waals surface area contributed by atoms with Crippen LogP contribution in [0.25, 0.3) is 0 Å². The Labute approximate surface area is 151 Å². The first-order valence-corrected chi connectivity index (χ1v) is 8.20. The van der Waals surface area contributed by atoms with Crippen molar-refractivity contribution >= 4 is 11.4 Å². The summed E-state index contributed by atoms with van der Waals surface area (Å²) in [4.78, 5) is 4.06. The van der Waals surface area contributed by atoms with Gasteiger partial charge in [0, 0.05) is 35.4 Å². The molecule has 1 aliphatic heterocycles. The Morgan fingerprint density at radius 3 is 2.50 bits per heavy atom.